The molecule has 5 nitrogen and oxygen atoms in total. The monoisotopic (exact) mass is 265 g/mol. The van der Waals surface area contributed by atoms with Crippen LogP contribution in [-0.2, 0) is 0 Å². The van der Waals surface area contributed by atoms with Gasteiger partial charge in [0.1, 0.15) is 11.5 Å². The number of rotatable bonds is 3. The predicted octanol–water partition coefficient (Wildman–Crippen LogP) is 3.75. The average molecular weight is 266 g/mol. The minimum Gasteiger partial charge on any atom is -0.502 e. The zero-order valence-corrected chi connectivity index (χ0v) is 9.79. The van der Waals surface area contributed by atoms with Crippen LogP contribution < -0.4 is 4.74 Å². The SMILES string of the molecule is O=[N+]([O-])c1ccc(Oc2ccc(Cl)cc2)cc1O. The number of hydrogen-bond acceptors (Lipinski definition) is 4. The van der Waals surface area contributed by atoms with E-state index in [9.17, 15) is 15.2 Å². The molecular formula is C12H8ClNO4. The van der Waals surface area contributed by atoms with Crippen LogP contribution >= 0.6 is 11.6 Å². The lowest BCUT2D eigenvalue weighted by atomic mass is 10.3. The second-order valence-electron chi connectivity index (χ2n) is 3.46. The molecule has 0 bridgehead atoms. The first-order chi connectivity index (χ1) is 8.56. The molecule has 0 atom stereocenters. The molecule has 2 aromatic rings. The predicted molar refractivity (Wildman–Crippen MR) is 66.3 cm³/mol. The highest BCUT2D eigenvalue weighted by Crippen LogP contribution is 2.32. The number of ether oxygens (including phenoxy) is 1. The van der Waals surface area contributed by atoms with Gasteiger partial charge in [0.05, 0.1) is 4.92 Å². The highest BCUT2D eigenvalue weighted by Gasteiger charge is 2.13. The lowest BCUT2D eigenvalue weighted by Crippen LogP contribution is -1.89. The number of halogens is 1. The largest absolute Gasteiger partial charge is 0.502 e. The topological polar surface area (TPSA) is 72.6 Å². The molecule has 0 aliphatic carbocycles. The van der Waals surface area contributed by atoms with E-state index < -0.39 is 10.7 Å². The molecule has 0 saturated carbocycles. The van der Waals surface area contributed by atoms with Crippen molar-refractivity contribution in [3.63, 3.8) is 0 Å². The first-order valence-corrected chi connectivity index (χ1v) is 5.35. The number of nitro benzene ring substituents is 1. The molecule has 2 aromatic carbocycles. The van der Waals surface area contributed by atoms with Crippen LogP contribution in [0, 0.1) is 10.1 Å². The number of aromatic hydroxyl groups is 1. The summed E-state index contributed by atoms with van der Waals surface area (Å²) in [5.41, 5.74) is -0.363. The zero-order chi connectivity index (χ0) is 13.1. The van der Waals surface area contributed by atoms with E-state index in [0.29, 0.717) is 16.5 Å². The number of phenols is 1. The average Bonchev–Trinajstić information content (AvgIpc) is 2.32. The Balaban J connectivity index is 2.22. The molecule has 0 radical (unpaired) electrons. The third kappa shape index (κ3) is 2.70. The van der Waals surface area contributed by atoms with Crippen molar-refractivity contribution >= 4 is 17.3 Å². The highest BCUT2D eigenvalue weighted by molar-refractivity contribution is 6.30. The molecule has 0 aliphatic rings. The maximum absolute atomic E-state index is 10.5. The summed E-state index contributed by atoms with van der Waals surface area (Å²) in [6, 6.07) is 10.4. The van der Waals surface area contributed by atoms with Crippen molar-refractivity contribution in [2.75, 3.05) is 0 Å². The Bertz CT molecular complexity index is 583. The van der Waals surface area contributed by atoms with Gasteiger partial charge in [-0.25, -0.2) is 0 Å². The van der Waals surface area contributed by atoms with Gasteiger partial charge in [0.15, 0.2) is 5.75 Å². The molecule has 1 N–H and O–H groups in total. The molecule has 0 fully saturated rings. The Morgan fingerprint density at radius 3 is 2.28 bits per heavy atom. The van der Waals surface area contributed by atoms with E-state index >= 15 is 0 Å². The molecule has 0 aliphatic heterocycles. The number of hydrogen-bond donors (Lipinski definition) is 1. The summed E-state index contributed by atoms with van der Waals surface area (Å²) in [7, 11) is 0. The van der Waals surface area contributed by atoms with Crippen molar-refractivity contribution in [3.05, 3.63) is 57.6 Å². The van der Waals surface area contributed by atoms with Gasteiger partial charge in [0.2, 0.25) is 0 Å². The molecule has 0 spiro atoms. The first-order valence-electron chi connectivity index (χ1n) is 4.97. The van der Waals surface area contributed by atoms with Crippen LogP contribution in [0.15, 0.2) is 42.5 Å². The Hall–Kier alpha value is -2.27. The number of nitrogens with zero attached hydrogens (tertiary/aromatic N) is 1. The third-order valence-corrected chi connectivity index (χ3v) is 2.44. The molecule has 2 rings (SSSR count). The Morgan fingerprint density at radius 2 is 1.72 bits per heavy atom. The summed E-state index contributed by atoms with van der Waals surface area (Å²) in [5.74, 6) is 0.388. The molecule has 0 amide bonds. The normalized spacial score (nSPS) is 10.1. The van der Waals surface area contributed by atoms with Crippen LogP contribution in [0.25, 0.3) is 0 Å². The first kappa shape index (κ1) is 12.2. The smallest absolute Gasteiger partial charge is 0.310 e. The maximum Gasteiger partial charge on any atom is 0.310 e. The van der Waals surface area contributed by atoms with E-state index in [2.05, 4.69) is 0 Å². The fraction of sp³-hybridized carbons (Fsp3) is 0. The molecule has 0 heterocycles. The van der Waals surface area contributed by atoms with Crippen molar-refractivity contribution < 1.29 is 14.8 Å². The van der Waals surface area contributed by atoms with Gasteiger partial charge in [0, 0.05) is 17.2 Å². The van der Waals surface area contributed by atoms with E-state index in [4.69, 9.17) is 16.3 Å². The van der Waals surface area contributed by atoms with Crippen molar-refractivity contribution in [2.45, 2.75) is 0 Å². The van der Waals surface area contributed by atoms with Gasteiger partial charge < -0.3 is 9.84 Å². The van der Waals surface area contributed by atoms with Crippen molar-refractivity contribution in [1.82, 2.24) is 0 Å². The Labute approximate surface area is 107 Å². The van der Waals surface area contributed by atoms with E-state index in [-0.39, 0.29) is 5.69 Å². The van der Waals surface area contributed by atoms with Gasteiger partial charge in [-0.15, -0.1) is 0 Å². The summed E-state index contributed by atoms with van der Waals surface area (Å²) in [5, 5.41) is 20.5. The molecule has 92 valence electrons. The Morgan fingerprint density at radius 1 is 1.11 bits per heavy atom. The highest BCUT2D eigenvalue weighted by atomic mass is 35.5. The van der Waals surface area contributed by atoms with E-state index in [1.54, 1.807) is 24.3 Å². The Kier molecular flexibility index (Phi) is 3.34. The summed E-state index contributed by atoms with van der Waals surface area (Å²) in [4.78, 5) is 9.85. The fourth-order valence-corrected chi connectivity index (χ4v) is 1.49. The van der Waals surface area contributed by atoms with E-state index in [1.165, 1.54) is 18.2 Å². The quantitative estimate of drug-likeness (QED) is 0.678. The van der Waals surface area contributed by atoms with Crippen LogP contribution in [-0.4, -0.2) is 10.0 Å². The molecule has 0 unspecified atom stereocenters. The molecule has 6 heteroatoms. The van der Waals surface area contributed by atoms with Crippen LogP contribution in [0.1, 0.15) is 0 Å². The van der Waals surface area contributed by atoms with E-state index in [1.807, 2.05) is 0 Å². The van der Waals surface area contributed by atoms with Gasteiger partial charge in [-0.1, -0.05) is 11.6 Å². The summed E-state index contributed by atoms with van der Waals surface area (Å²) in [6.45, 7) is 0. The standard InChI is InChI=1S/C12H8ClNO4/c13-8-1-3-9(4-2-8)18-10-5-6-11(14(16)17)12(15)7-10/h1-7,15H. The lowest BCUT2D eigenvalue weighted by Gasteiger charge is -2.06. The van der Waals surface area contributed by atoms with Gasteiger partial charge in [-0.2, -0.15) is 0 Å². The third-order valence-electron chi connectivity index (χ3n) is 2.19. The number of benzene rings is 2. The fourth-order valence-electron chi connectivity index (χ4n) is 1.36. The summed E-state index contributed by atoms with van der Waals surface area (Å²) < 4.78 is 5.41. The van der Waals surface area contributed by atoms with Crippen LogP contribution in [0.5, 0.6) is 17.2 Å². The second-order valence-corrected chi connectivity index (χ2v) is 3.90. The van der Waals surface area contributed by atoms with Gasteiger partial charge in [-0.3, -0.25) is 10.1 Å². The molecule has 0 saturated heterocycles. The van der Waals surface area contributed by atoms with Gasteiger partial charge in [-0.05, 0) is 30.3 Å². The lowest BCUT2D eigenvalue weighted by molar-refractivity contribution is -0.385. The minimum atomic E-state index is -0.665. The van der Waals surface area contributed by atoms with E-state index in [0.717, 1.165) is 0 Å². The molecule has 0 aromatic heterocycles. The summed E-state index contributed by atoms with van der Waals surface area (Å²) in [6.07, 6.45) is 0. The number of nitro groups is 1. The molecule has 18 heavy (non-hydrogen) atoms. The van der Waals surface area contributed by atoms with Crippen LogP contribution in [0.4, 0.5) is 5.69 Å². The van der Waals surface area contributed by atoms with Gasteiger partial charge >= 0.3 is 5.69 Å². The second kappa shape index (κ2) is 4.93. The van der Waals surface area contributed by atoms with Gasteiger partial charge in [0.25, 0.3) is 0 Å². The van der Waals surface area contributed by atoms with Crippen molar-refractivity contribution in [2.24, 2.45) is 0 Å². The van der Waals surface area contributed by atoms with Crippen molar-refractivity contribution in [3.8, 4) is 17.2 Å². The summed E-state index contributed by atoms with van der Waals surface area (Å²) >= 11 is 5.72. The van der Waals surface area contributed by atoms with Crippen LogP contribution in [0.2, 0.25) is 5.02 Å². The number of phenolic OH excluding ortho intramolecular Hbond substituents is 1. The minimum absolute atomic E-state index is 0.306. The van der Waals surface area contributed by atoms with Crippen molar-refractivity contribution in [1.29, 1.82) is 0 Å². The zero-order valence-electron chi connectivity index (χ0n) is 9.04. The maximum atomic E-state index is 10.5. The molecular weight excluding hydrogens is 258 g/mol. The van der Waals surface area contributed by atoms with Crippen LogP contribution in [0.3, 0.4) is 0 Å².